The van der Waals surface area contributed by atoms with Gasteiger partial charge in [-0.15, -0.1) is 0 Å². The molecule has 6 nitrogen and oxygen atoms in total. The summed E-state index contributed by atoms with van der Waals surface area (Å²) in [7, 11) is 1.62. The molecule has 174 valence electrons. The number of nitrogens with zero attached hydrogens (tertiary/aromatic N) is 2. The second-order valence-corrected chi connectivity index (χ2v) is 8.16. The van der Waals surface area contributed by atoms with Crippen molar-refractivity contribution in [1.29, 1.82) is 0 Å². The van der Waals surface area contributed by atoms with Crippen molar-refractivity contribution in [3.8, 4) is 22.6 Å². The first-order chi connectivity index (χ1) is 16.5. The molecule has 0 unspecified atom stereocenters. The number of methoxy groups -OCH3 is 1. The van der Waals surface area contributed by atoms with Gasteiger partial charge >= 0.3 is 0 Å². The van der Waals surface area contributed by atoms with Gasteiger partial charge in [0.05, 0.1) is 20.2 Å². The Morgan fingerprint density at radius 3 is 2.53 bits per heavy atom. The van der Waals surface area contributed by atoms with Crippen molar-refractivity contribution in [1.82, 2.24) is 9.78 Å². The molecule has 0 aliphatic carbocycles. The van der Waals surface area contributed by atoms with Gasteiger partial charge in [-0.2, -0.15) is 5.10 Å². The second kappa shape index (κ2) is 10.7. The predicted molar refractivity (Wildman–Crippen MR) is 136 cm³/mol. The minimum atomic E-state index is -0.145. The van der Waals surface area contributed by atoms with Gasteiger partial charge in [0.2, 0.25) is 0 Å². The van der Waals surface area contributed by atoms with Crippen LogP contribution in [0.4, 0.5) is 5.82 Å². The highest BCUT2D eigenvalue weighted by Gasteiger charge is 2.07. The molecule has 0 atom stereocenters. The summed E-state index contributed by atoms with van der Waals surface area (Å²) in [5.74, 6) is 2.00. The number of benzene rings is 3. The van der Waals surface area contributed by atoms with Crippen LogP contribution in [0.3, 0.4) is 0 Å². The van der Waals surface area contributed by atoms with Crippen molar-refractivity contribution < 1.29 is 9.47 Å². The lowest BCUT2D eigenvalue weighted by molar-refractivity contribution is 0.305. The van der Waals surface area contributed by atoms with Crippen LogP contribution < -0.4 is 20.3 Å². The molecule has 0 bridgehead atoms. The van der Waals surface area contributed by atoms with Gasteiger partial charge in [0.1, 0.15) is 12.4 Å². The Balaban J connectivity index is 1.43. The van der Waals surface area contributed by atoms with E-state index in [0.717, 1.165) is 11.1 Å². The van der Waals surface area contributed by atoms with Crippen LogP contribution in [0.2, 0.25) is 0 Å². The zero-order chi connectivity index (χ0) is 23.9. The Labute approximate surface area is 199 Å². The van der Waals surface area contributed by atoms with Crippen molar-refractivity contribution in [2.75, 3.05) is 25.6 Å². The van der Waals surface area contributed by atoms with Crippen LogP contribution in [0.25, 0.3) is 11.1 Å². The van der Waals surface area contributed by atoms with Gasteiger partial charge < -0.3 is 14.8 Å². The molecule has 0 saturated heterocycles. The molecule has 0 amide bonds. The van der Waals surface area contributed by atoms with E-state index in [1.165, 1.54) is 27.4 Å². The van der Waals surface area contributed by atoms with E-state index < -0.39 is 0 Å². The van der Waals surface area contributed by atoms with Crippen LogP contribution in [0.1, 0.15) is 16.7 Å². The third-order valence-corrected chi connectivity index (χ3v) is 5.56. The number of anilines is 1. The molecule has 0 aliphatic heterocycles. The summed E-state index contributed by atoms with van der Waals surface area (Å²) in [6.07, 6.45) is 0. The topological polar surface area (TPSA) is 65.4 Å². The Hall–Kier alpha value is -4.06. The number of ether oxygens (including phenoxy) is 2. The number of para-hydroxylation sites is 2. The van der Waals surface area contributed by atoms with Crippen LogP contribution in [-0.2, 0) is 6.54 Å². The van der Waals surface area contributed by atoms with Gasteiger partial charge in [-0.25, -0.2) is 4.68 Å². The lowest BCUT2D eigenvalue weighted by Gasteiger charge is -2.13. The van der Waals surface area contributed by atoms with Crippen molar-refractivity contribution in [3.05, 3.63) is 106 Å². The van der Waals surface area contributed by atoms with E-state index in [4.69, 9.17) is 9.47 Å². The lowest BCUT2D eigenvalue weighted by atomic mass is 9.97. The van der Waals surface area contributed by atoms with Gasteiger partial charge in [-0.3, -0.25) is 4.79 Å². The zero-order valence-corrected chi connectivity index (χ0v) is 19.7. The SMILES string of the molecule is COc1ccccc1OCCNc1ccc(=O)n(Cc2ccc(C)c(-c3cccc(C)c3)c2)n1. The Morgan fingerprint density at radius 2 is 1.74 bits per heavy atom. The van der Waals surface area contributed by atoms with E-state index in [1.807, 2.05) is 30.3 Å². The molecule has 4 aromatic rings. The summed E-state index contributed by atoms with van der Waals surface area (Å²) in [4.78, 5) is 12.5. The van der Waals surface area contributed by atoms with E-state index >= 15 is 0 Å². The van der Waals surface area contributed by atoms with Crippen LogP contribution in [0.15, 0.2) is 83.7 Å². The molecule has 4 rings (SSSR count). The molecule has 3 aromatic carbocycles. The van der Waals surface area contributed by atoms with Crippen LogP contribution in [-0.4, -0.2) is 30.0 Å². The summed E-state index contributed by atoms with van der Waals surface area (Å²) in [6, 6.07) is 25.5. The van der Waals surface area contributed by atoms with Crippen molar-refractivity contribution >= 4 is 5.82 Å². The van der Waals surface area contributed by atoms with Crippen LogP contribution in [0, 0.1) is 13.8 Å². The molecule has 0 fully saturated rings. The average Bonchev–Trinajstić information content (AvgIpc) is 2.85. The maximum absolute atomic E-state index is 12.5. The average molecular weight is 456 g/mol. The standard InChI is InChI=1S/C28H29N3O3/c1-20-7-6-8-23(17-20)24-18-22(12-11-21(24)2)19-31-28(32)14-13-27(30-31)29-15-16-34-26-10-5-4-9-25(26)33-3/h4-14,17-18H,15-16,19H2,1-3H3,(H,29,30). The Morgan fingerprint density at radius 1 is 0.912 bits per heavy atom. The Kier molecular flexibility index (Phi) is 7.28. The molecular weight excluding hydrogens is 426 g/mol. The van der Waals surface area contributed by atoms with Crippen molar-refractivity contribution in [2.24, 2.45) is 0 Å². The van der Waals surface area contributed by atoms with Gasteiger partial charge in [-0.1, -0.05) is 54.1 Å². The first kappa shape index (κ1) is 23.1. The monoisotopic (exact) mass is 455 g/mol. The van der Waals surface area contributed by atoms with E-state index in [-0.39, 0.29) is 5.56 Å². The summed E-state index contributed by atoms with van der Waals surface area (Å²) in [6.45, 7) is 5.55. The second-order valence-electron chi connectivity index (χ2n) is 8.16. The van der Waals surface area contributed by atoms with E-state index in [9.17, 15) is 4.79 Å². The maximum Gasteiger partial charge on any atom is 0.267 e. The van der Waals surface area contributed by atoms with E-state index in [0.29, 0.717) is 37.0 Å². The fourth-order valence-electron chi connectivity index (χ4n) is 3.80. The quantitative estimate of drug-likeness (QED) is 0.357. The third kappa shape index (κ3) is 5.64. The molecular formula is C28H29N3O3. The lowest BCUT2D eigenvalue weighted by Crippen LogP contribution is -2.24. The summed E-state index contributed by atoms with van der Waals surface area (Å²) in [5.41, 5.74) is 5.62. The van der Waals surface area contributed by atoms with Gasteiger partial charge in [0.15, 0.2) is 11.5 Å². The summed E-state index contributed by atoms with van der Waals surface area (Å²) >= 11 is 0. The molecule has 6 heteroatoms. The molecule has 1 heterocycles. The number of aromatic nitrogens is 2. The highest BCUT2D eigenvalue weighted by Crippen LogP contribution is 2.26. The number of hydrogen-bond acceptors (Lipinski definition) is 5. The van der Waals surface area contributed by atoms with Gasteiger partial charge in [-0.05, 0) is 60.4 Å². The van der Waals surface area contributed by atoms with Crippen molar-refractivity contribution in [3.63, 3.8) is 0 Å². The Bertz CT molecular complexity index is 1330. The third-order valence-electron chi connectivity index (χ3n) is 5.56. The first-order valence-corrected chi connectivity index (χ1v) is 11.3. The smallest absolute Gasteiger partial charge is 0.267 e. The molecule has 0 spiro atoms. The van der Waals surface area contributed by atoms with E-state index in [1.54, 1.807) is 13.2 Å². The molecule has 0 radical (unpaired) electrons. The zero-order valence-electron chi connectivity index (χ0n) is 19.7. The van der Waals surface area contributed by atoms with Crippen LogP contribution >= 0.6 is 0 Å². The van der Waals surface area contributed by atoms with E-state index in [2.05, 4.69) is 60.7 Å². The largest absolute Gasteiger partial charge is 0.493 e. The maximum atomic E-state index is 12.5. The molecule has 1 N–H and O–H groups in total. The molecule has 0 aliphatic rings. The minimum absolute atomic E-state index is 0.145. The predicted octanol–water partition coefficient (Wildman–Crippen LogP) is 5.07. The van der Waals surface area contributed by atoms with Gasteiger partial charge in [0, 0.05) is 6.07 Å². The first-order valence-electron chi connectivity index (χ1n) is 11.3. The van der Waals surface area contributed by atoms with Gasteiger partial charge in [0.25, 0.3) is 5.56 Å². The molecule has 0 saturated carbocycles. The summed E-state index contributed by atoms with van der Waals surface area (Å²) < 4.78 is 12.6. The molecule has 1 aromatic heterocycles. The summed E-state index contributed by atoms with van der Waals surface area (Å²) in [5, 5.41) is 7.72. The number of nitrogens with one attached hydrogen (secondary N) is 1. The minimum Gasteiger partial charge on any atom is -0.493 e. The number of rotatable bonds is 9. The van der Waals surface area contributed by atoms with Crippen molar-refractivity contribution in [2.45, 2.75) is 20.4 Å². The van der Waals surface area contributed by atoms with Crippen LogP contribution in [0.5, 0.6) is 11.5 Å². The highest BCUT2D eigenvalue weighted by molar-refractivity contribution is 5.68. The number of aryl methyl sites for hydroxylation is 2. The normalized spacial score (nSPS) is 10.7. The fraction of sp³-hybridized carbons (Fsp3) is 0.214. The number of hydrogen-bond donors (Lipinski definition) is 1. The molecule has 34 heavy (non-hydrogen) atoms. The highest BCUT2D eigenvalue weighted by atomic mass is 16.5. The fourth-order valence-corrected chi connectivity index (χ4v) is 3.80.